The number of hydrogen-bond acceptors (Lipinski definition) is 4. The fraction of sp³-hybridized carbons (Fsp3) is 1.00. The monoisotopic (exact) mass is 266 g/mol. The molecule has 0 aliphatic carbocycles. The highest BCUT2D eigenvalue weighted by molar-refractivity contribution is 7.87. The first kappa shape index (κ1) is 14.8. The summed E-state index contributed by atoms with van der Waals surface area (Å²) in [5.41, 5.74) is -0.981. The van der Waals surface area contributed by atoms with Gasteiger partial charge in [0.2, 0.25) is 0 Å². The highest BCUT2D eigenvalue weighted by Gasteiger charge is 2.31. The van der Waals surface area contributed by atoms with Gasteiger partial charge in [-0.3, -0.25) is 0 Å². The Hall–Kier alpha value is -0.210. The number of ether oxygens (including phenoxy) is 1. The summed E-state index contributed by atoms with van der Waals surface area (Å²) in [6.07, 6.45) is 0.916. The molecule has 1 rings (SSSR count). The summed E-state index contributed by atoms with van der Waals surface area (Å²) < 4.78 is 33.0. The average molecular weight is 266 g/mol. The maximum Gasteiger partial charge on any atom is 0.277 e. The van der Waals surface area contributed by atoms with Crippen molar-refractivity contribution < 1.29 is 18.3 Å². The Kier molecular flexibility index (Phi) is 5.33. The molecule has 1 fully saturated rings. The van der Waals surface area contributed by atoms with Crippen LogP contribution in [0, 0.1) is 5.92 Å². The zero-order chi connectivity index (χ0) is 12.9. The Morgan fingerprint density at radius 1 is 1.29 bits per heavy atom. The summed E-state index contributed by atoms with van der Waals surface area (Å²) in [4.78, 5) is 0. The van der Waals surface area contributed by atoms with Crippen molar-refractivity contribution in [2.24, 2.45) is 5.92 Å². The average Bonchev–Trinajstić information content (AvgIpc) is 2.26. The molecule has 1 aliphatic rings. The molecular weight excluding hydrogens is 244 g/mol. The highest BCUT2D eigenvalue weighted by atomic mass is 32.2. The van der Waals surface area contributed by atoms with Crippen LogP contribution < -0.4 is 9.44 Å². The van der Waals surface area contributed by atoms with E-state index < -0.39 is 15.8 Å². The molecule has 0 aromatic rings. The van der Waals surface area contributed by atoms with Gasteiger partial charge >= 0.3 is 0 Å². The van der Waals surface area contributed by atoms with E-state index in [1.165, 1.54) is 0 Å². The fourth-order valence-electron chi connectivity index (χ4n) is 1.48. The second kappa shape index (κ2) is 6.10. The molecule has 0 spiro atoms. The lowest BCUT2D eigenvalue weighted by atomic mass is 9.95. The van der Waals surface area contributed by atoms with Gasteiger partial charge in [0.25, 0.3) is 10.2 Å². The third-order valence-corrected chi connectivity index (χ3v) is 3.77. The molecule has 17 heavy (non-hydrogen) atoms. The van der Waals surface area contributed by atoms with Crippen molar-refractivity contribution in [3.63, 3.8) is 0 Å². The van der Waals surface area contributed by atoms with E-state index in [-0.39, 0.29) is 12.5 Å². The van der Waals surface area contributed by atoms with Crippen LogP contribution in [-0.4, -0.2) is 45.4 Å². The van der Waals surface area contributed by atoms with Crippen LogP contribution in [0.5, 0.6) is 0 Å². The van der Waals surface area contributed by atoms with Crippen molar-refractivity contribution in [3.8, 4) is 0 Å². The minimum absolute atomic E-state index is 0.0315. The number of aliphatic hydroxyl groups is 1. The van der Waals surface area contributed by atoms with Gasteiger partial charge in [0.05, 0.1) is 5.60 Å². The van der Waals surface area contributed by atoms with Crippen molar-refractivity contribution in [2.45, 2.75) is 32.3 Å². The lowest BCUT2D eigenvalue weighted by molar-refractivity contribution is -0.0589. The van der Waals surface area contributed by atoms with E-state index in [4.69, 9.17) is 4.74 Å². The molecule has 0 saturated carbocycles. The van der Waals surface area contributed by atoms with E-state index in [0.29, 0.717) is 32.6 Å². The highest BCUT2D eigenvalue weighted by Crippen LogP contribution is 2.19. The Morgan fingerprint density at radius 2 is 1.88 bits per heavy atom. The number of rotatable bonds is 6. The molecule has 6 nitrogen and oxygen atoms in total. The Bertz CT molecular complexity index is 323. The molecule has 1 saturated heterocycles. The van der Waals surface area contributed by atoms with Crippen LogP contribution in [-0.2, 0) is 14.9 Å². The second-order valence-corrected chi connectivity index (χ2v) is 6.49. The summed E-state index contributed by atoms with van der Waals surface area (Å²) in [6.45, 7) is 5.21. The zero-order valence-electron chi connectivity index (χ0n) is 10.4. The summed E-state index contributed by atoms with van der Waals surface area (Å²) >= 11 is 0. The van der Waals surface area contributed by atoms with E-state index in [1.807, 2.05) is 13.8 Å². The third kappa shape index (κ3) is 5.78. The van der Waals surface area contributed by atoms with Crippen LogP contribution in [0.15, 0.2) is 0 Å². The molecule has 0 radical (unpaired) electrons. The predicted molar refractivity (Wildman–Crippen MR) is 64.8 cm³/mol. The summed E-state index contributed by atoms with van der Waals surface area (Å²) in [6, 6.07) is 0. The van der Waals surface area contributed by atoms with Gasteiger partial charge in [-0.25, -0.2) is 4.72 Å². The molecule has 0 unspecified atom stereocenters. The topological polar surface area (TPSA) is 87.7 Å². The van der Waals surface area contributed by atoms with Gasteiger partial charge in [0.15, 0.2) is 0 Å². The van der Waals surface area contributed by atoms with Gasteiger partial charge in [-0.2, -0.15) is 13.1 Å². The fourth-order valence-corrected chi connectivity index (χ4v) is 2.60. The maximum atomic E-state index is 11.6. The van der Waals surface area contributed by atoms with Crippen molar-refractivity contribution in [2.75, 3.05) is 26.3 Å². The van der Waals surface area contributed by atoms with E-state index in [1.54, 1.807) is 0 Å². The first-order chi connectivity index (χ1) is 7.83. The molecule has 0 bridgehead atoms. The first-order valence-electron chi connectivity index (χ1n) is 5.87. The van der Waals surface area contributed by atoms with E-state index in [2.05, 4.69) is 9.44 Å². The zero-order valence-corrected chi connectivity index (χ0v) is 11.2. The quantitative estimate of drug-likeness (QED) is 0.611. The van der Waals surface area contributed by atoms with Crippen molar-refractivity contribution >= 4 is 10.2 Å². The Balaban J connectivity index is 2.37. The third-order valence-electron chi connectivity index (χ3n) is 2.70. The minimum atomic E-state index is -3.51. The lowest BCUT2D eigenvalue weighted by Gasteiger charge is -2.31. The Labute approximate surface area is 103 Å². The molecule has 0 atom stereocenters. The molecule has 0 aromatic heterocycles. The molecule has 7 heteroatoms. The van der Waals surface area contributed by atoms with Crippen molar-refractivity contribution in [1.29, 1.82) is 0 Å². The van der Waals surface area contributed by atoms with Gasteiger partial charge < -0.3 is 9.84 Å². The number of nitrogens with one attached hydrogen (secondary N) is 2. The van der Waals surface area contributed by atoms with Gasteiger partial charge in [-0.05, 0) is 5.92 Å². The standard InChI is InChI=1S/C10H22N2O4S/c1-9(2)7-11-17(14,15)12-8-10(13)3-5-16-6-4-10/h9,11-13H,3-8H2,1-2H3. The lowest BCUT2D eigenvalue weighted by Crippen LogP contribution is -2.49. The van der Waals surface area contributed by atoms with Crippen LogP contribution in [0.4, 0.5) is 0 Å². The first-order valence-corrected chi connectivity index (χ1v) is 7.36. The molecule has 0 aromatic carbocycles. The van der Waals surface area contributed by atoms with Crippen LogP contribution >= 0.6 is 0 Å². The van der Waals surface area contributed by atoms with Crippen LogP contribution in [0.25, 0.3) is 0 Å². The normalized spacial score (nSPS) is 20.7. The van der Waals surface area contributed by atoms with Crippen LogP contribution in [0.2, 0.25) is 0 Å². The Morgan fingerprint density at radius 3 is 2.41 bits per heavy atom. The SMILES string of the molecule is CC(C)CNS(=O)(=O)NCC1(O)CCOCC1. The van der Waals surface area contributed by atoms with Gasteiger partial charge in [0.1, 0.15) is 0 Å². The summed E-state index contributed by atoms with van der Waals surface area (Å²) in [7, 11) is -3.51. The van der Waals surface area contributed by atoms with Crippen LogP contribution in [0.1, 0.15) is 26.7 Å². The van der Waals surface area contributed by atoms with Gasteiger partial charge in [0, 0.05) is 39.1 Å². The minimum Gasteiger partial charge on any atom is -0.388 e. The van der Waals surface area contributed by atoms with Crippen LogP contribution in [0.3, 0.4) is 0 Å². The second-order valence-electron chi connectivity index (χ2n) is 4.90. The largest absolute Gasteiger partial charge is 0.388 e. The summed E-state index contributed by atoms with van der Waals surface area (Å²) in [5, 5.41) is 10.1. The molecule has 1 aliphatic heterocycles. The predicted octanol–water partition coefficient (Wildman–Crippen LogP) is -0.392. The molecule has 102 valence electrons. The smallest absolute Gasteiger partial charge is 0.277 e. The van der Waals surface area contributed by atoms with Gasteiger partial charge in [-0.15, -0.1) is 0 Å². The van der Waals surface area contributed by atoms with E-state index in [0.717, 1.165) is 0 Å². The number of hydrogen-bond donors (Lipinski definition) is 3. The molecule has 3 N–H and O–H groups in total. The molecule has 1 heterocycles. The van der Waals surface area contributed by atoms with E-state index >= 15 is 0 Å². The van der Waals surface area contributed by atoms with E-state index in [9.17, 15) is 13.5 Å². The maximum absolute atomic E-state index is 11.6. The van der Waals surface area contributed by atoms with Crippen molar-refractivity contribution in [3.05, 3.63) is 0 Å². The summed E-state index contributed by atoms with van der Waals surface area (Å²) in [5.74, 6) is 0.248. The molecular formula is C10H22N2O4S. The van der Waals surface area contributed by atoms with Gasteiger partial charge in [-0.1, -0.05) is 13.8 Å². The molecule has 0 amide bonds. The van der Waals surface area contributed by atoms with Crippen molar-refractivity contribution in [1.82, 2.24) is 9.44 Å².